The van der Waals surface area contributed by atoms with Gasteiger partial charge in [-0.05, 0) is 24.4 Å². The maximum Gasteiger partial charge on any atom is 1.00 e. The van der Waals surface area contributed by atoms with Gasteiger partial charge in [0.25, 0.3) is 5.17 Å². The molecule has 0 heterocycles. The standard InChI is InChI=1S/C9H10BF3NOS.K/c1-14(2)9(16)15-8-5-3-7(4-6-8)10(11,12)13;/h3-6H,1-2H3;/q-1;+1. The Morgan fingerprint density at radius 1 is 1.18 bits per heavy atom. The van der Waals surface area contributed by atoms with Crippen LogP contribution in [-0.2, 0) is 0 Å². The van der Waals surface area contributed by atoms with Crippen molar-refractivity contribution in [3.63, 3.8) is 0 Å². The van der Waals surface area contributed by atoms with Crippen LogP contribution in [0.3, 0.4) is 0 Å². The molecule has 0 aliphatic rings. The maximum atomic E-state index is 12.3. The molecule has 0 aromatic heterocycles. The fourth-order valence-corrected chi connectivity index (χ4v) is 1.04. The number of rotatable bonds is 2. The van der Waals surface area contributed by atoms with Crippen LogP contribution in [0.15, 0.2) is 24.3 Å². The minimum atomic E-state index is -4.96. The summed E-state index contributed by atoms with van der Waals surface area (Å²) in [5, 5.41) is 0.199. The molecule has 8 heteroatoms. The molecule has 1 rings (SSSR count). The quantitative estimate of drug-likeness (QED) is 0.510. The second kappa shape index (κ2) is 7.10. The van der Waals surface area contributed by atoms with E-state index in [0.717, 1.165) is 12.1 Å². The van der Waals surface area contributed by atoms with Crippen LogP contribution >= 0.6 is 12.2 Å². The summed E-state index contributed by atoms with van der Waals surface area (Å²) in [5.41, 5.74) is -0.650. The van der Waals surface area contributed by atoms with Gasteiger partial charge in [-0.1, -0.05) is 12.1 Å². The first-order valence-corrected chi connectivity index (χ1v) is 4.90. The van der Waals surface area contributed by atoms with Gasteiger partial charge in [-0.15, -0.1) is 5.46 Å². The Morgan fingerprint density at radius 3 is 2.00 bits per heavy atom. The molecule has 0 spiro atoms. The molecule has 1 aromatic carbocycles. The first-order valence-electron chi connectivity index (χ1n) is 4.50. The topological polar surface area (TPSA) is 12.5 Å². The summed E-state index contributed by atoms with van der Waals surface area (Å²) in [6, 6.07) is 4.46. The molecule has 17 heavy (non-hydrogen) atoms. The first kappa shape index (κ1) is 17.4. The zero-order valence-corrected chi connectivity index (χ0v) is 13.7. The van der Waals surface area contributed by atoms with E-state index in [1.807, 2.05) is 0 Å². The van der Waals surface area contributed by atoms with Gasteiger partial charge in [0.15, 0.2) is 0 Å². The Bertz CT molecular complexity index is 383. The van der Waals surface area contributed by atoms with Crippen LogP contribution < -0.4 is 61.6 Å². The Balaban J connectivity index is 0.00000256. The molecular formula is C9H10BF3KNOS. The van der Waals surface area contributed by atoms with E-state index < -0.39 is 12.4 Å². The second-order valence-corrected chi connectivity index (χ2v) is 3.76. The number of benzene rings is 1. The summed E-state index contributed by atoms with van der Waals surface area (Å²) < 4.78 is 42.0. The summed E-state index contributed by atoms with van der Waals surface area (Å²) in [4.78, 5) is 1.55. The van der Waals surface area contributed by atoms with Crippen LogP contribution in [0, 0.1) is 0 Å². The Morgan fingerprint density at radius 2 is 1.65 bits per heavy atom. The van der Waals surface area contributed by atoms with Crippen LogP contribution in [-0.4, -0.2) is 31.1 Å². The fraction of sp³-hybridized carbons (Fsp3) is 0.222. The van der Waals surface area contributed by atoms with E-state index in [-0.39, 0.29) is 56.6 Å². The molecule has 0 bridgehead atoms. The molecule has 0 radical (unpaired) electrons. The summed E-state index contributed by atoms with van der Waals surface area (Å²) in [7, 11) is 3.38. The van der Waals surface area contributed by atoms with E-state index in [9.17, 15) is 12.9 Å². The Hall–Kier alpha value is 0.401. The smallest absolute Gasteiger partial charge is 0.445 e. The number of thiocarbonyl (C=S) groups is 1. The largest absolute Gasteiger partial charge is 1.00 e. The molecule has 0 fully saturated rings. The number of ether oxygens (including phenoxy) is 1. The van der Waals surface area contributed by atoms with Crippen molar-refractivity contribution in [2.45, 2.75) is 0 Å². The normalized spacial score (nSPS) is 10.4. The molecule has 0 saturated heterocycles. The van der Waals surface area contributed by atoms with Crippen molar-refractivity contribution in [1.82, 2.24) is 4.90 Å². The van der Waals surface area contributed by atoms with Gasteiger partial charge in [-0.25, -0.2) is 0 Å². The van der Waals surface area contributed by atoms with Crippen molar-refractivity contribution >= 4 is 29.8 Å². The van der Waals surface area contributed by atoms with Crippen LogP contribution in [0.2, 0.25) is 0 Å². The van der Waals surface area contributed by atoms with E-state index in [1.165, 1.54) is 12.1 Å². The van der Waals surface area contributed by atoms with E-state index in [4.69, 9.17) is 17.0 Å². The minimum absolute atomic E-state index is 0. The maximum absolute atomic E-state index is 12.3. The van der Waals surface area contributed by atoms with Gasteiger partial charge in [-0.2, -0.15) is 0 Å². The predicted octanol–water partition coefficient (Wildman–Crippen LogP) is -1.03. The Labute approximate surface area is 146 Å². The van der Waals surface area contributed by atoms with Crippen LogP contribution in [0.5, 0.6) is 5.75 Å². The third kappa shape index (κ3) is 5.71. The minimum Gasteiger partial charge on any atom is -0.445 e. The predicted molar refractivity (Wildman–Crippen MR) is 62.1 cm³/mol. The second-order valence-electron chi connectivity index (χ2n) is 3.41. The molecular weight excluding hydrogens is 277 g/mol. The van der Waals surface area contributed by atoms with Gasteiger partial charge in [0.2, 0.25) is 0 Å². The van der Waals surface area contributed by atoms with Gasteiger partial charge in [0.1, 0.15) is 5.75 Å². The van der Waals surface area contributed by atoms with Crippen molar-refractivity contribution in [2.75, 3.05) is 14.1 Å². The molecule has 1 aromatic rings. The van der Waals surface area contributed by atoms with Gasteiger partial charge in [0, 0.05) is 14.1 Å². The third-order valence-electron chi connectivity index (χ3n) is 1.83. The van der Waals surface area contributed by atoms with E-state index >= 15 is 0 Å². The van der Waals surface area contributed by atoms with Crippen molar-refractivity contribution in [2.24, 2.45) is 0 Å². The average molecular weight is 287 g/mol. The SMILES string of the molecule is CN(C)C(=S)Oc1ccc([B-](F)(F)F)cc1.[K+]. The number of halogens is 3. The molecule has 88 valence electrons. The molecule has 0 saturated carbocycles. The van der Waals surface area contributed by atoms with Crippen LogP contribution in [0.25, 0.3) is 0 Å². The van der Waals surface area contributed by atoms with Crippen LogP contribution in [0.1, 0.15) is 0 Å². The number of hydrogen-bond donors (Lipinski definition) is 0. The molecule has 0 aliphatic carbocycles. The van der Waals surface area contributed by atoms with Gasteiger partial charge in [0.05, 0.1) is 0 Å². The zero-order chi connectivity index (χ0) is 12.3. The molecule has 0 unspecified atom stereocenters. The van der Waals surface area contributed by atoms with E-state index in [1.54, 1.807) is 19.0 Å². The monoisotopic (exact) mass is 287 g/mol. The Kier molecular flexibility index (Phi) is 7.27. The molecule has 0 atom stereocenters. The van der Waals surface area contributed by atoms with Crippen molar-refractivity contribution in [3.05, 3.63) is 24.3 Å². The van der Waals surface area contributed by atoms with Crippen molar-refractivity contribution in [1.29, 1.82) is 0 Å². The summed E-state index contributed by atoms with van der Waals surface area (Å²) in [6.07, 6.45) is 0. The fourth-order valence-electron chi connectivity index (χ4n) is 0.946. The summed E-state index contributed by atoms with van der Waals surface area (Å²) in [6.45, 7) is -4.96. The van der Waals surface area contributed by atoms with Gasteiger partial charge >= 0.3 is 58.4 Å². The van der Waals surface area contributed by atoms with Gasteiger partial charge in [-0.3, -0.25) is 0 Å². The third-order valence-corrected chi connectivity index (χ3v) is 2.28. The van der Waals surface area contributed by atoms with Crippen molar-refractivity contribution < 1.29 is 69.1 Å². The van der Waals surface area contributed by atoms with Crippen molar-refractivity contribution in [3.8, 4) is 5.75 Å². The van der Waals surface area contributed by atoms with E-state index in [0.29, 0.717) is 5.75 Å². The first-order chi connectivity index (χ1) is 7.30. The van der Waals surface area contributed by atoms with Crippen LogP contribution in [0.4, 0.5) is 12.9 Å². The molecule has 0 aliphatic heterocycles. The number of nitrogens with zero attached hydrogens (tertiary/aromatic N) is 1. The molecule has 2 nitrogen and oxygen atoms in total. The molecule has 0 amide bonds. The number of hydrogen-bond acceptors (Lipinski definition) is 2. The van der Waals surface area contributed by atoms with Gasteiger partial charge < -0.3 is 22.6 Å². The summed E-state index contributed by atoms with van der Waals surface area (Å²) in [5.74, 6) is 0.294. The summed E-state index contributed by atoms with van der Waals surface area (Å²) >= 11 is 4.85. The molecule has 0 N–H and O–H groups in total. The van der Waals surface area contributed by atoms with E-state index in [2.05, 4.69) is 0 Å². The zero-order valence-electron chi connectivity index (χ0n) is 9.78. The average Bonchev–Trinajstić information content (AvgIpc) is 2.17.